The normalized spacial score (nSPS) is 10.1. The molecule has 98 valence electrons. The van der Waals surface area contributed by atoms with E-state index < -0.39 is 0 Å². The van der Waals surface area contributed by atoms with Crippen LogP contribution in [0.25, 0.3) is 0 Å². The van der Waals surface area contributed by atoms with Crippen molar-refractivity contribution in [2.24, 2.45) is 0 Å². The number of terminal acetylenes is 1. The molecule has 0 fully saturated rings. The summed E-state index contributed by atoms with van der Waals surface area (Å²) >= 11 is 3.24. The average molecular weight is 314 g/mol. The molecule has 0 spiro atoms. The number of halogens is 1. The number of aromatic nitrogens is 2. The number of aliphatic hydroxyl groups is 1. The molecule has 0 saturated heterocycles. The zero-order valence-electron chi connectivity index (χ0n) is 10.0. The van der Waals surface area contributed by atoms with E-state index in [9.17, 15) is 4.79 Å². The molecule has 1 aromatic heterocycles. The van der Waals surface area contributed by atoms with E-state index in [0.29, 0.717) is 10.2 Å². The molecule has 6 heteroatoms. The number of anilines is 1. The van der Waals surface area contributed by atoms with Crippen LogP contribution in [0.4, 0.5) is 5.69 Å². The number of nitrogens with zero attached hydrogens (tertiary/aromatic N) is 2. The maximum Gasteiger partial charge on any atom is 0.284 e. The summed E-state index contributed by atoms with van der Waals surface area (Å²) in [6.45, 7) is 1.11. The van der Waals surface area contributed by atoms with Crippen LogP contribution in [-0.4, -0.2) is 28.0 Å². The van der Waals surface area contributed by atoms with E-state index in [4.69, 9.17) is 11.5 Å². The monoisotopic (exact) mass is 313 g/mol. The number of aliphatic hydroxyl groups excluding tert-OH is 1. The van der Waals surface area contributed by atoms with Crippen molar-refractivity contribution < 1.29 is 5.11 Å². The van der Waals surface area contributed by atoms with Crippen molar-refractivity contribution in [1.82, 2.24) is 9.78 Å². The highest BCUT2D eigenvalue weighted by Gasteiger charge is 2.07. The van der Waals surface area contributed by atoms with Gasteiger partial charge in [0.05, 0.1) is 11.9 Å². The molecular formula is C12H16BrN3O2. The maximum absolute atomic E-state index is 11.8. The Bertz CT molecular complexity index is 479. The molecule has 1 rings (SSSR count). The van der Waals surface area contributed by atoms with Crippen LogP contribution >= 0.6 is 15.9 Å². The summed E-state index contributed by atoms with van der Waals surface area (Å²) in [5.41, 5.74) is 0.422. The molecule has 5 nitrogen and oxygen atoms in total. The minimum absolute atomic E-state index is 0.161. The Morgan fingerprint density at radius 1 is 1.50 bits per heavy atom. The van der Waals surface area contributed by atoms with Crippen molar-refractivity contribution in [3.8, 4) is 12.3 Å². The molecular weight excluding hydrogens is 298 g/mol. The van der Waals surface area contributed by atoms with Gasteiger partial charge in [-0.2, -0.15) is 5.10 Å². The van der Waals surface area contributed by atoms with Crippen molar-refractivity contribution in [1.29, 1.82) is 0 Å². The van der Waals surface area contributed by atoms with Crippen LogP contribution in [0.3, 0.4) is 0 Å². The Labute approximate surface area is 114 Å². The van der Waals surface area contributed by atoms with Gasteiger partial charge >= 0.3 is 0 Å². The molecule has 0 aliphatic carbocycles. The lowest BCUT2D eigenvalue weighted by Gasteiger charge is -2.09. The first-order valence-corrected chi connectivity index (χ1v) is 6.53. The van der Waals surface area contributed by atoms with Gasteiger partial charge in [-0.15, -0.1) is 6.42 Å². The van der Waals surface area contributed by atoms with E-state index in [-0.39, 0.29) is 18.7 Å². The second kappa shape index (κ2) is 7.90. The number of nitrogens with one attached hydrogen (secondary N) is 1. The summed E-state index contributed by atoms with van der Waals surface area (Å²) in [6, 6.07) is 0. The summed E-state index contributed by atoms with van der Waals surface area (Å²) in [4.78, 5) is 11.8. The predicted octanol–water partition coefficient (Wildman–Crippen LogP) is 1.21. The first-order chi connectivity index (χ1) is 8.70. The molecule has 1 heterocycles. The molecule has 0 atom stereocenters. The fourth-order valence-corrected chi connectivity index (χ4v) is 1.87. The molecule has 0 radical (unpaired) electrons. The first kappa shape index (κ1) is 14.7. The lowest BCUT2D eigenvalue weighted by Crippen LogP contribution is -2.24. The van der Waals surface area contributed by atoms with Crippen molar-refractivity contribution in [2.75, 3.05) is 18.5 Å². The number of rotatable bonds is 7. The van der Waals surface area contributed by atoms with Gasteiger partial charge in [0.1, 0.15) is 11.0 Å². The van der Waals surface area contributed by atoms with Gasteiger partial charge in [0.25, 0.3) is 5.56 Å². The quantitative estimate of drug-likeness (QED) is 0.586. The van der Waals surface area contributed by atoms with Crippen LogP contribution in [0, 0.1) is 12.3 Å². The van der Waals surface area contributed by atoms with E-state index in [1.54, 1.807) is 6.20 Å². The topological polar surface area (TPSA) is 67.2 Å². The van der Waals surface area contributed by atoms with Crippen molar-refractivity contribution in [2.45, 2.75) is 25.8 Å². The Morgan fingerprint density at radius 3 is 2.94 bits per heavy atom. The molecule has 2 N–H and O–H groups in total. The summed E-state index contributed by atoms with van der Waals surface area (Å²) < 4.78 is 1.66. The minimum Gasteiger partial charge on any atom is -0.396 e. The molecule has 0 unspecified atom stereocenters. The largest absolute Gasteiger partial charge is 0.396 e. The van der Waals surface area contributed by atoms with Crippen molar-refractivity contribution in [3.63, 3.8) is 0 Å². The third kappa shape index (κ3) is 4.17. The first-order valence-electron chi connectivity index (χ1n) is 5.74. The summed E-state index contributed by atoms with van der Waals surface area (Å²) in [5.74, 6) is 2.37. The van der Waals surface area contributed by atoms with Gasteiger partial charge in [-0.3, -0.25) is 4.79 Å². The van der Waals surface area contributed by atoms with Gasteiger partial charge in [-0.25, -0.2) is 4.68 Å². The third-order valence-electron chi connectivity index (χ3n) is 2.38. The molecule has 18 heavy (non-hydrogen) atoms. The fourth-order valence-electron chi connectivity index (χ4n) is 1.42. The highest BCUT2D eigenvalue weighted by atomic mass is 79.9. The lowest BCUT2D eigenvalue weighted by atomic mass is 10.2. The second-order valence-electron chi connectivity index (χ2n) is 3.75. The van der Waals surface area contributed by atoms with Crippen molar-refractivity contribution >= 4 is 21.6 Å². The van der Waals surface area contributed by atoms with Crippen molar-refractivity contribution in [3.05, 3.63) is 21.0 Å². The molecule has 0 bridgehead atoms. The van der Waals surface area contributed by atoms with Crippen LogP contribution in [-0.2, 0) is 6.54 Å². The van der Waals surface area contributed by atoms with Gasteiger partial charge in [-0.05, 0) is 35.2 Å². The molecule has 0 aromatic carbocycles. The van der Waals surface area contributed by atoms with Crippen LogP contribution in [0.15, 0.2) is 15.5 Å². The third-order valence-corrected chi connectivity index (χ3v) is 3.14. The minimum atomic E-state index is -0.242. The van der Waals surface area contributed by atoms with Gasteiger partial charge in [0, 0.05) is 13.2 Å². The number of hydrogen-bond donors (Lipinski definition) is 2. The number of hydrogen-bond acceptors (Lipinski definition) is 4. The van der Waals surface area contributed by atoms with Crippen LogP contribution < -0.4 is 10.9 Å². The number of unbranched alkanes of at least 4 members (excludes halogenated alkanes) is 2. The molecule has 0 saturated carbocycles. The fraction of sp³-hybridized carbons (Fsp3) is 0.500. The highest BCUT2D eigenvalue weighted by Crippen LogP contribution is 2.16. The Balaban J connectivity index is 2.60. The standard InChI is InChI=1S/C12H16BrN3O2/c1-2-7-16-12(18)11(13)10(9-15-16)14-6-4-3-5-8-17/h1,9,14,17H,3-8H2. The summed E-state index contributed by atoms with van der Waals surface area (Å²) in [6.07, 6.45) is 9.40. The predicted molar refractivity (Wildman–Crippen MR) is 74.5 cm³/mol. The van der Waals surface area contributed by atoms with Gasteiger partial charge in [0.15, 0.2) is 0 Å². The Morgan fingerprint density at radius 2 is 2.28 bits per heavy atom. The smallest absolute Gasteiger partial charge is 0.284 e. The Hall–Kier alpha value is -1.32. The average Bonchev–Trinajstić information content (AvgIpc) is 2.37. The lowest BCUT2D eigenvalue weighted by molar-refractivity contribution is 0.283. The molecule has 0 amide bonds. The summed E-state index contributed by atoms with van der Waals surface area (Å²) in [5, 5.41) is 15.7. The maximum atomic E-state index is 11.8. The van der Waals surface area contributed by atoms with Gasteiger partial charge in [-0.1, -0.05) is 5.92 Å². The van der Waals surface area contributed by atoms with E-state index >= 15 is 0 Å². The van der Waals surface area contributed by atoms with Crippen LogP contribution in [0.1, 0.15) is 19.3 Å². The van der Waals surface area contributed by atoms with E-state index in [1.807, 2.05) is 0 Å². The van der Waals surface area contributed by atoms with Gasteiger partial charge < -0.3 is 10.4 Å². The van der Waals surface area contributed by atoms with Crippen LogP contribution in [0.2, 0.25) is 0 Å². The zero-order valence-corrected chi connectivity index (χ0v) is 11.6. The summed E-state index contributed by atoms with van der Waals surface area (Å²) in [7, 11) is 0. The molecule has 1 aromatic rings. The molecule has 0 aliphatic heterocycles. The van der Waals surface area contributed by atoms with E-state index in [1.165, 1.54) is 4.68 Å². The van der Waals surface area contributed by atoms with Crippen LogP contribution in [0.5, 0.6) is 0 Å². The van der Waals surface area contributed by atoms with E-state index in [2.05, 4.69) is 32.3 Å². The SMILES string of the molecule is C#CCn1ncc(NCCCCCO)c(Br)c1=O. The van der Waals surface area contributed by atoms with E-state index in [0.717, 1.165) is 25.8 Å². The van der Waals surface area contributed by atoms with Gasteiger partial charge in [0.2, 0.25) is 0 Å². The highest BCUT2D eigenvalue weighted by molar-refractivity contribution is 9.10. The zero-order chi connectivity index (χ0) is 13.4. The Kier molecular flexibility index (Phi) is 6.47. The molecule has 0 aliphatic rings. The second-order valence-corrected chi connectivity index (χ2v) is 4.54.